The van der Waals surface area contributed by atoms with Gasteiger partial charge in [-0.1, -0.05) is 11.6 Å². The molecule has 0 bridgehead atoms. The molecule has 1 heterocycles. The Balaban J connectivity index is 3.36. The van der Waals surface area contributed by atoms with Gasteiger partial charge in [0, 0.05) is 22.9 Å². The molecule has 0 saturated carbocycles. The highest BCUT2D eigenvalue weighted by atomic mass is 79.9. The fourth-order valence-electron chi connectivity index (χ4n) is 1.00. The zero-order valence-electron chi connectivity index (χ0n) is 8.62. The summed E-state index contributed by atoms with van der Waals surface area (Å²) in [6.07, 6.45) is 4.66. The Labute approximate surface area is 108 Å². The summed E-state index contributed by atoms with van der Waals surface area (Å²) in [6.45, 7) is 1.68. The summed E-state index contributed by atoms with van der Waals surface area (Å²) in [4.78, 5) is 4.49. The van der Waals surface area contributed by atoms with E-state index < -0.39 is 9.71 Å². The van der Waals surface area contributed by atoms with E-state index in [4.69, 9.17) is 16.9 Å². The summed E-state index contributed by atoms with van der Waals surface area (Å²) in [6, 6.07) is 1.72. The summed E-state index contributed by atoms with van der Waals surface area (Å²) in [5.41, 5.74) is 0.673. The fraction of sp³-hybridized carbons (Fsp3) is 0.222. The van der Waals surface area contributed by atoms with Crippen molar-refractivity contribution in [3.8, 4) is 6.19 Å². The Hall–Kier alpha value is -0.770. The summed E-state index contributed by atoms with van der Waals surface area (Å²) < 4.78 is 14.9. The first-order valence-electron chi connectivity index (χ1n) is 4.18. The minimum atomic E-state index is -2.54. The van der Waals surface area contributed by atoms with Crippen molar-refractivity contribution >= 4 is 42.1 Å². The Morgan fingerprint density at radius 2 is 2.38 bits per heavy atom. The minimum Gasteiger partial charge on any atom is -0.249 e. The van der Waals surface area contributed by atoms with Gasteiger partial charge in [-0.15, -0.1) is 0 Å². The Kier molecular flexibility index (Phi) is 4.19. The normalized spacial score (nSPS) is 13.7. The number of rotatable bonds is 2. The van der Waals surface area contributed by atoms with E-state index in [1.54, 1.807) is 19.2 Å². The smallest absolute Gasteiger partial charge is 0.188 e. The number of nitrogens with one attached hydrogen (secondary N) is 1. The standard InChI is InChI=1S/C9H9BrClN3OS/c1-6(16(2,15)14-5-12)7-3-8(10)9(11)13-4-7/h3-4H,1-2H3,(H,14,15). The van der Waals surface area contributed by atoms with E-state index >= 15 is 0 Å². The van der Waals surface area contributed by atoms with E-state index in [-0.39, 0.29) is 0 Å². The molecule has 1 rings (SSSR count). The van der Waals surface area contributed by atoms with Crippen LogP contribution in [0.1, 0.15) is 12.5 Å². The van der Waals surface area contributed by atoms with Crippen molar-refractivity contribution in [3.63, 3.8) is 0 Å². The molecular formula is C9H9BrClN3OS. The summed E-state index contributed by atoms with van der Waals surface area (Å²) in [5.74, 6) is 0. The fourth-order valence-corrected chi connectivity index (χ4v) is 2.34. The van der Waals surface area contributed by atoms with Gasteiger partial charge in [-0.2, -0.15) is 5.26 Å². The van der Waals surface area contributed by atoms with Crippen molar-refractivity contribution in [2.75, 3.05) is 6.26 Å². The van der Waals surface area contributed by atoms with E-state index in [1.807, 2.05) is 0 Å². The van der Waals surface area contributed by atoms with Crippen molar-refractivity contribution in [3.05, 3.63) is 27.5 Å². The molecule has 1 N–H and O–H groups in total. The van der Waals surface area contributed by atoms with Gasteiger partial charge in [0.2, 0.25) is 0 Å². The molecule has 16 heavy (non-hydrogen) atoms. The number of hydrogen-bond acceptors (Lipinski definition) is 3. The molecule has 0 aliphatic rings. The third kappa shape index (κ3) is 2.88. The van der Waals surface area contributed by atoms with Crippen LogP contribution in [0.4, 0.5) is 0 Å². The zero-order chi connectivity index (χ0) is 12.3. The van der Waals surface area contributed by atoms with Gasteiger partial charge in [0.05, 0.1) is 14.2 Å². The van der Waals surface area contributed by atoms with Crippen LogP contribution in [-0.2, 0) is 9.71 Å². The predicted molar refractivity (Wildman–Crippen MR) is 69.5 cm³/mol. The van der Waals surface area contributed by atoms with Crippen molar-refractivity contribution in [2.24, 2.45) is 0 Å². The minimum absolute atomic E-state index is 0.340. The van der Waals surface area contributed by atoms with Crippen LogP contribution in [0.15, 0.2) is 16.7 Å². The monoisotopic (exact) mass is 321 g/mol. The lowest BCUT2D eigenvalue weighted by Crippen LogP contribution is -2.24. The van der Waals surface area contributed by atoms with Gasteiger partial charge >= 0.3 is 0 Å². The van der Waals surface area contributed by atoms with Crippen LogP contribution in [0.2, 0.25) is 5.15 Å². The number of hydrogen-bond donors (Lipinski definition) is 1. The zero-order valence-corrected chi connectivity index (χ0v) is 11.8. The molecule has 1 atom stereocenters. The first kappa shape index (κ1) is 13.3. The average molecular weight is 323 g/mol. The molecule has 86 valence electrons. The average Bonchev–Trinajstić information content (AvgIpc) is 2.21. The van der Waals surface area contributed by atoms with Crippen LogP contribution < -0.4 is 4.72 Å². The SMILES string of the molecule is CC(c1cnc(Cl)c(Br)c1)=S(C)(=O)NC#N. The molecule has 0 radical (unpaired) electrons. The lowest BCUT2D eigenvalue weighted by molar-refractivity contribution is 0.681. The van der Waals surface area contributed by atoms with E-state index in [0.717, 1.165) is 0 Å². The number of aromatic nitrogens is 1. The molecule has 1 unspecified atom stereocenters. The van der Waals surface area contributed by atoms with Gasteiger partial charge in [-0.05, 0) is 28.9 Å². The van der Waals surface area contributed by atoms with Gasteiger partial charge < -0.3 is 0 Å². The molecule has 4 nitrogen and oxygen atoms in total. The van der Waals surface area contributed by atoms with Crippen LogP contribution in [0, 0.1) is 11.5 Å². The lowest BCUT2D eigenvalue weighted by atomic mass is 10.2. The molecular weight excluding hydrogens is 314 g/mol. The van der Waals surface area contributed by atoms with Gasteiger partial charge in [0.25, 0.3) is 0 Å². The van der Waals surface area contributed by atoms with Gasteiger partial charge in [-0.25, -0.2) is 13.9 Å². The third-order valence-corrected chi connectivity index (χ3v) is 5.05. The van der Waals surface area contributed by atoms with Crippen LogP contribution >= 0.6 is 27.5 Å². The molecule has 7 heteroatoms. The molecule has 0 saturated heterocycles. The van der Waals surface area contributed by atoms with Crippen molar-refractivity contribution in [1.82, 2.24) is 9.71 Å². The molecule has 0 aliphatic carbocycles. The van der Waals surface area contributed by atoms with Crippen LogP contribution in [0.25, 0.3) is 0 Å². The predicted octanol–water partition coefficient (Wildman–Crippen LogP) is 1.94. The van der Waals surface area contributed by atoms with Crippen LogP contribution in [-0.4, -0.2) is 20.3 Å². The molecule has 0 spiro atoms. The maximum atomic E-state index is 12.0. The van der Waals surface area contributed by atoms with E-state index in [2.05, 4.69) is 25.6 Å². The number of nitriles is 1. The van der Waals surface area contributed by atoms with Gasteiger partial charge in [0.1, 0.15) is 5.15 Å². The summed E-state index contributed by atoms with van der Waals surface area (Å²) >= 11 is 8.99. The quantitative estimate of drug-likeness (QED) is 0.297. The first-order chi connectivity index (χ1) is 7.38. The molecule has 0 aromatic carbocycles. The second kappa shape index (κ2) is 5.04. The van der Waals surface area contributed by atoms with Crippen molar-refractivity contribution in [2.45, 2.75) is 6.92 Å². The van der Waals surface area contributed by atoms with E-state index in [0.29, 0.717) is 20.1 Å². The van der Waals surface area contributed by atoms with E-state index in [1.165, 1.54) is 12.5 Å². The van der Waals surface area contributed by atoms with Gasteiger partial charge in [0.15, 0.2) is 6.19 Å². The molecule has 0 fully saturated rings. The maximum absolute atomic E-state index is 12.0. The summed E-state index contributed by atoms with van der Waals surface area (Å²) in [5, 5.41) is 8.84. The number of pyridine rings is 1. The molecule has 1 aromatic heterocycles. The highest BCUT2D eigenvalue weighted by Crippen LogP contribution is 2.21. The highest BCUT2D eigenvalue weighted by Gasteiger charge is 2.09. The topological polar surface area (TPSA) is 65.8 Å². The van der Waals surface area contributed by atoms with Crippen molar-refractivity contribution in [1.29, 1.82) is 5.26 Å². The number of halogens is 2. The van der Waals surface area contributed by atoms with E-state index in [9.17, 15) is 4.21 Å². The Morgan fingerprint density at radius 1 is 1.75 bits per heavy atom. The van der Waals surface area contributed by atoms with Gasteiger partial charge in [-0.3, -0.25) is 0 Å². The maximum Gasteiger partial charge on any atom is 0.188 e. The third-order valence-electron chi connectivity index (χ3n) is 2.03. The molecule has 1 aromatic rings. The van der Waals surface area contributed by atoms with Crippen molar-refractivity contribution < 1.29 is 4.21 Å². The molecule has 0 amide bonds. The second-order valence-electron chi connectivity index (χ2n) is 3.11. The first-order valence-corrected chi connectivity index (χ1v) is 7.32. The van der Waals surface area contributed by atoms with Crippen LogP contribution in [0.5, 0.6) is 0 Å². The molecule has 0 aliphatic heterocycles. The highest BCUT2D eigenvalue weighted by molar-refractivity contribution is 9.10. The number of nitrogens with zero attached hydrogens (tertiary/aromatic N) is 2. The lowest BCUT2D eigenvalue weighted by Gasteiger charge is -2.08. The second-order valence-corrected chi connectivity index (χ2v) is 6.83. The Bertz CT molecular complexity index is 573. The largest absolute Gasteiger partial charge is 0.249 e. The summed E-state index contributed by atoms with van der Waals surface area (Å²) in [7, 11) is -2.54. The Morgan fingerprint density at radius 3 is 2.88 bits per heavy atom. The van der Waals surface area contributed by atoms with Crippen LogP contribution in [0.3, 0.4) is 0 Å².